The summed E-state index contributed by atoms with van der Waals surface area (Å²) in [4.78, 5) is 39.8. The number of hydrogen-bond acceptors (Lipinski definition) is 5. The van der Waals surface area contributed by atoms with E-state index in [-0.39, 0.29) is 18.4 Å². The number of nitrogens with one attached hydrogen (secondary N) is 2. The first-order chi connectivity index (χ1) is 16.0. The number of carbonyl (C=O) groups is 3. The van der Waals surface area contributed by atoms with E-state index < -0.39 is 5.91 Å². The highest BCUT2D eigenvalue weighted by Gasteiger charge is 2.23. The van der Waals surface area contributed by atoms with Crippen molar-refractivity contribution in [3.63, 3.8) is 0 Å². The van der Waals surface area contributed by atoms with E-state index >= 15 is 0 Å². The van der Waals surface area contributed by atoms with E-state index in [0.29, 0.717) is 25.1 Å². The largest absolute Gasteiger partial charge is 0.368 e. The third-order valence-electron chi connectivity index (χ3n) is 5.22. The summed E-state index contributed by atoms with van der Waals surface area (Å²) in [6.07, 6.45) is 0.348. The maximum atomic E-state index is 12.6. The van der Waals surface area contributed by atoms with E-state index in [1.807, 2.05) is 24.3 Å². The second-order valence-electron chi connectivity index (χ2n) is 7.56. The van der Waals surface area contributed by atoms with Crippen LogP contribution in [0.15, 0.2) is 82.6 Å². The van der Waals surface area contributed by atoms with Crippen molar-refractivity contribution in [2.45, 2.75) is 22.8 Å². The van der Waals surface area contributed by atoms with Gasteiger partial charge in [-0.15, -0.1) is 0 Å². The number of rotatable bonds is 8. The number of benzene rings is 3. The highest BCUT2D eigenvalue weighted by Crippen LogP contribution is 2.47. The summed E-state index contributed by atoms with van der Waals surface area (Å²) in [5.41, 5.74) is 8.55. The summed E-state index contributed by atoms with van der Waals surface area (Å²) in [5, 5.41) is 5.38. The molecule has 0 saturated carbocycles. The topological polar surface area (TPSA) is 105 Å². The molecule has 0 aromatic heterocycles. The minimum absolute atomic E-state index is 0.0496. The van der Waals surface area contributed by atoms with Crippen molar-refractivity contribution in [2.75, 3.05) is 18.0 Å². The average Bonchev–Trinajstić information content (AvgIpc) is 2.84. The van der Waals surface area contributed by atoms with E-state index in [1.165, 1.54) is 9.79 Å². The third kappa shape index (κ3) is 5.53. The first kappa shape index (κ1) is 22.4. The van der Waals surface area contributed by atoms with Crippen LogP contribution in [0.1, 0.15) is 22.3 Å². The lowest BCUT2D eigenvalue weighted by Gasteiger charge is -2.32. The van der Waals surface area contributed by atoms with Crippen molar-refractivity contribution in [2.24, 2.45) is 5.73 Å². The smallest absolute Gasteiger partial charge is 0.251 e. The monoisotopic (exact) mass is 460 g/mol. The van der Waals surface area contributed by atoms with Gasteiger partial charge in [-0.3, -0.25) is 14.4 Å². The van der Waals surface area contributed by atoms with E-state index in [9.17, 15) is 14.4 Å². The van der Waals surface area contributed by atoms with Crippen LogP contribution >= 0.6 is 11.8 Å². The molecule has 1 heterocycles. The molecule has 0 fully saturated rings. The summed E-state index contributed by atoms with van der Waals surface area (Å²) in [5.74, 6) is -1.02. The summed E-state index contributed by atoms with van der Waals surface area (Å²) < 4.78 is 0. The Bertz CT molecular complexity index is 1130. The van der Waals surface area contributed by atoms with Crippen LogP contribution in [0, 0.1) is 0 Å². The fourth-order valence-electron chi connectivity index (χ4n) is 3.57. The van der Waals surface area contributed by atoms with Crippen LogP contribution in [-0.4, -0.2) is 30.8 Å². The fourth-order valence-corrected chi connectivity index (χ4v) is 4.66. The Labute approximate surface area is 196 Å². The summed E-state index contributed by atoms with van der Waals surface area (Å²) >= 11 is 1.74. The standard InChI is InChI=1S/C25H24N4O3S/c26-23(30)16-28-25(32)18-11-9-17(10-12-18)15-27-24(31)13-14-29-19-5-1-3-7-21(19)33-22-8-4-2-6-20(22)29/h1-12H,13-16H2,(H2,26,30)(H,27,31)(H,28,32). The molecule has 1 aliphatic rings. The molecule has 8 heteroatoms. The van der Waals surface area contributed by atoms with Gasteiger partial charge < -0.3 is 21.3 Å². The number of nitrogens with zero attached hydrogens (tertiary/aromatic N) is 1. The number of nitrogens with two attached hydrogens (primary N) is 1. The van der Waals surface area contributed by atoms with E-state index in [2.05, 4.69) is 39.8 Å². The Balaban J connectivity index is 1.32. The van der Waals surface area contributed by atoms with Crippen LogP contribution in [-0.2, 0) is 16.1 Å². The highest BCUT2D eigenvalue weighted by molar-refractivity contribution is 7.99. The number of primary amides is 1. The zero-order valence-electron chi connectivity index (χ0n) is 17.9. The molecule has 3 aromatic rings. The quantitative estimate of drug-likeness (QED) is 0.479. The van der Waals surface area contributed by atoms with Gasteiger partial charge in [0.05, 0.1) is 17.9 Å². The Kier molecular flexibility index (Phi) is 6.95. The molecule has 0 saturated heterocycles. The van der Waals surface area contributed by atoms with Gasteiger partial charge in [-0.05, 0) is 42.0 Å². The predicted octanol–water partition coefficient (Wildman–Crippen LogP) is 3.21. The summed E-state index contributed by atoms with van der Waals surface area (Å²) in [6.45, 7) is 0.728. The molecule has 1 aliphatic heterocycles. The second-order valence-corrected chi connectivity index (χ2v) is 8.65. The van der Waals surface area contributed by atoms with Crippen molar-refractivity contribution in [1.29, 1.82) is 0 Å². The molecule has 4 N–H and O–H groups in total. The van der Waals surface area contributed by atoms with Gasteiger partial charge >= 0.3 is 0 Å². The van der Waals surface area contributed by atoms with Crippen molar-refractivity contribution >= 4 is 40.9 Å². The Morgan fingerprint density at radius 3 is 2.03 bits per heavy atom. The molecule has 33 heavy (non-hydrogen) atoms. The Morgan fingerprint density at radius 1 is 0.818 bits per heavy atom. The molecule has 7 nitrogen and oxygen atoms in total. The van der Waals surface area contributed by atoms with E-state index in [4.69, 9.17) is 5.73 Å². The fraction of sp³-hybridized carbons (Fsp3) is 0.160. The van der Waals surface area contributed by atoms with Gasteiger partial charge in [-0.2, -0.15) is 0 Å². The minimum atomic E-state index is -0.599. The zero-order chi connectivity index (χ0) is 23.2. The number of anilines is 2. The van der Waals surface area contributed by atoms with Crippen molar-refractivity contribution in [3.05, 3.63) is 83.9 Å². The first-order valence-corrected chi connectivity index (χ1v) is 11.4. The Morgan fingerprint density at radius 2 is 1.42 bits per heavy atom. The SMILES string of the molecule is NC(=O)CNC(=O)c1ccc(CNC(=O)CCN2c3ccccc3Sc3ccccc32)cc1. The number of carbonyl (C=O) groups excluding carboxylic acids is 3. The molecule has 0 radical (unpaired) electrons. The van der Waals surface area contributed by atoms with E-state index in [1.54, 1.807) is 36.0 Å². The summed E-state index contributed by atoms with van der Waals surface area (Å²) in [7, 11) is 0. The number of hydrogen-bond donors (Lipinski definition) is 3. The number of fused-ring (bicyclic) bond motifs is 2. The molecule has 0 atom stereocenters. The van der Waals surface area contributed by atoms with Gasteiger partial charge in [-0.1, -0.05) is 48.2 Å². The maximum Gasteiger partial charge on any atom is 0.251 e. The predicted molar refractivity (Wildman–Crippen MR) is 128 cm³/mol. The van der Waals surface area contributed by atoms with Crippen molar-refractivity contribution < 1.29 is 14.4 Å². The first-order valence-electron chi connectivity index (χ1n) is 10.6. The molecule has 0 unspecified atom stereocenters. The van der Waals surface area contributed by atoms with Crippen LogP contribution < -0.4 is 21.3 Å². The van der Waals surface area contributed by atoms with Crippen LogP contribution in [0.4, 0.5) is 11.4 Å². The normalized spacial score (nSPS) is 11.8. The minimum Gasteiger partial charge on any atom is -0.368 e. The maximum absolute atomic E-state index is 12.6. The summed E-state index contributed by atoms with van der Waals surface area (Å²) in [6, 6.07) is 23.3. The molecule has 0 aliphatic carbocycles. The molecule has 0 bridgehead atoms. The molecule has 4 rings (SSSR count). The lowest BCUT2D eigenvalue weighted by molar-refractivity contribution is -0.121. The lowest BCUT2D eigenvalue weighted by Crippen LogP contribution is -2.33. The lowest BCUT2D eigenvalue weighted by atomic mass is 10.1. The van der Waals surface area contributed by atoms with Crippen LogP contribution in [0.25, 0.3) is 0 Å². The van der Waals surface area contributed by atoms with Gasteiger partial charge in [0.2, 0.25) is 11.8 Å². The average molecular weight is 461 g/mol. The van der Waals surface area contributed by atoms with Crippen molar-refractivity contribution in [1.82, 2.24) is 10.6 Å². The highest BCUT2D eigenvalue weighted by atomic mass is 32.2. The number of amides is 3. The van der Waals surface area contributed by atoms with Crippen LogP contribution in [0.2, 0.25) is 0 Å². The van der Waals surface area contributed by atoms with Gasteiger partial charge in [0.1, 0.15) is 0 Å². The Hall–Kier alpha value is -3.78. The zero-order valence-corrected chi connectivity index (χ0v) is 18.7. The molecular weight excluding hydrogens is 436 g/mol. The molecular formula is C25H24N4O3S. The van der Waals surface area contributed by atoms with E-state index in [0.717, 1.165) is 16.9 Å². The van der Waals surface area contributed by atoms with Crippen LogP contribution in [0.3, 0.4) is 0 Å². The molecule has 3 aromatic carbocycles. The van der Waals surface area contributed by atoms with Gasteiger partial charge in [0, 0.05) is 34.9 Å². The second kappa shape index (κ2) is 10.2. The van der Waals surface area contributed by atoms with Gasteiger partial charge in [0.15, 0.2) is 0 Å². The van der Waals surface area contributed by atoms with Crippen molar-refractivity contribution in [3.8, 4) is 0 Å². The van der Waals surface area contributed by atoms with Gasteiger partial charge in [-0.25, -0.2) is 0 Å². The van der Waals surface area contributed by atoms with Crippen LogP contribution in [0.5, 0.6) is 0 Å². The molecule has 168 valence electrons. The molecule has 0 spiro atoms. The third-order valence-corrected chi connectivity index (χ3v) is 6.35. The molecule has 3 amide bonds. The number of para-hydroxylation sites is 2. The van der Waals surface area contributed by atoms with Gasteiger partial charge in [0.25, 0.3) is 5.91 Å².